The topological polar surface area (TPSA) is 40.6 Å². The third-order valence-corrected chi connectivity index (χ3v) is 4.54. The summed E-state index contributed by atoms with van der Waals surface area (Å²) in [5.74, 6) is -0.0900. The third kappa shape index (κ3) is 1.58. The van der Waals surface area contributed by atoms with E-state index in [1.807, 2.05) is 55.5 Å². The highest BCUT2D eigenvalue weighted by atomic mass is 16.2. The number of fused-ring (bicyclic) bond motifs is 3. The first kappa shape index (κ1) is 13.1. The molecule has 0 radical (unpaired) electrons. The van der Waals surface area contributed by atoms with Gasteiger partial charge in [0.25, 0.3) is 11.8 Å². The molecule has 2 aliphatic rings. The SMILES string of the molecule is Cc1ccc(N2C(=O)C(C)N3C(=O)c4ccccc4C23)cc1. The Morgan fingerprint density at radius 1 is 0.955 bits per heavy atom. The zero-order chi connectivity index (χ0) is 15.4. The number of anilines is 1. The maximum atomic E-state index is 12.7. The summed E-state index contributed by atoms with van der Waals surface area (Å²) in [6, 6.07) is 15.0. The lowest BCUT2D eigenvalue weighted by Crippen LogP contribution is -2.33. The standard InChI is InChI=1S/C18H16N2O2/c1-11-7-9-13(10-8-11)20-16-14-5-3-4-6-15(14)18(22)19(16)12(2)17(20)21/h3-10,12,16H,1-2H3. The molecule has 22 heavy (non-hydrogen) atoms. The van der Waals surface area contributed by atoms with Crippen LogP contribution in [0.1, 0.15) is 34.6 Å². The molecule has 4 heteroatoms. The van der Waals surface area contributed by atoms with Gasteiger partial charge in [-0.05, 0) is 32.0 Å². The molecule has 1 fully saturated rings. The highest BCUT2D eigenvalue weighted by Crippen LogP contribution is 2.44. The van der Waals surface area contributed by atoms with Crippen molar-refractivity contribution in [1.29, 1.82) is 0 Å². The number of benzene rings is 2. The van der Waals surface area contributed by atoms with E-state index in [1.165, 1.54) is 0 Å². The molecule has 2 amide bonds. The van der Waals surface area contributed by atoms with E-state index in [1.54, 1.807) is 16.7 Å². The van der Waals surface area contributed by atoms with E-state index in [9.17, 15) is 9.59 Å². The normalized spacial score (nSPS) is 23.0. The Hall–Kier alpha value is -2.62. The number of hydrogen-bond acceptors (Lipinski definition) is 2. The quantitative estimate of drug-likeness (QED) is 0.811. The highest BCUT2D eigenvalue weighted by Gasteiger charge is 2.52. The summed E-state index contributed by atoms with van der Waals surface area (Å²) < 4.78 is 0. The van der Waals surface area contributed by atoms with Crippen molar-refractivity contribution < 1.29 is 9.59 Å². The van der Waals surface area contributed by atoms with Crippen molar-refractivity contribution in [1.82, 2.24) is 4.90 Å². The van der Waals surface area contributed by atoms with E-state index in [-0.39, 0.29) is 18.0 Å². The van der Waals surface area contributed by atoms with Crippen LogP contribution >= 0.6 is 0 Å². The molecule has 2 aromatic rings. The van der Waals surface area contributed by atoms with Gasteiger partial charge >= 0.3 is 0 Å². The summed E-state index contributed by atoms with van der Waals surface area (Å²) in [5, 5.41) is 0. The maximum absolute atomic E-state index is 12.7. The van der Waals surface area contributed by atoms with Gasteiger partial charge in [-0.25, -0.2) is 0 Å². The minimum atomic E-state index is -0.439. The van der Waals surface area contributed by atoms with E-state index in [0.717, 1.165) is 16.8 Å². The maximum Gasteiger partial charge on any atom is 0.256 e. The summed E-state index contributed by atoms with van der Waals surface area (Å²) in [5.41, 5.74) is 3.58. The Kier molecular flexibility index (Phi) is 2.64. The van der Waals surface area contributed by atoms with E-state index < -0.39 is 6.04 Å². The van der Waals surface area contributed by atoms with Crippen molar-refractivity contribution in [2.75, 3.05) is 4.90 Å². The summed E-state index contributed by atoms with van der Waals surface area (Å²) in [7, 11) is 0. The molecule has 0 N–H and O–H groups in total. The van der Waals surface area contributed by atoms with E-state index in [0.29, 0.717) is 5.56 Å². The molecule has 2 unspecified atom stereocenters. The molecule has 2 heterocycles. The number of aryl methyl sites for hydroxylation is 1. The lowest BCUT2D eigenvalue weighted by atomic mass is 10.1. The zero-order valence-electron chi connectivity index (χ0n) is 12.5. The van der Waals surface area contributed by atoms with Crippen molar-refractivity contribution in [3.63, 3.8) is 0 Å². The molecule has 0 bridgehead atoms. The second-order valence-corrected chi connectivity index (χ2v) is 5.89. The van der Waals surface area contributed by atoms with Crippen LogP contribution in [0.2, 0.25) is 0 Å². The minimum Gasteiger partial charge on any atom is -0.302 e. The van der Waals surface area contributed by atoms with Crippen LogP contribution in [0.5, 0.6) is 0 Å². The van der Waals surface area contributed by atoms with Crippen LogP contribution in [0.25, 0.3) is 0 Å². The van der Waals surface area contributed by atoms with E-state index >= 15 is 0 Å². The third-order valence-electron chi connectivity index (χ3n) is 4.54. The van der Waals surface area contributed by atoms with E-state index in [4.69, 9.17) is 0 Å². The Morgan fingerprint density at radius 2 is 1.64 bits per heavy atom. The molecule has 0 saturated carbocycles. The van der Waals surface area contributed by atoms with Gasteiger partial charge in [0.05, 0.1) is 0 Å². The molecule has 1 saturated heterocycles. The average Bonchev–Trinajstić information content (AvgIpc) is 2.96. The molecule has 0 aromatic heterocycles. The van der Waals surface area contributed by atoms with Gasteiger partial charge in [0, 0.05) is 16.8 Å². The molecular formula is C18H16N2O2. The predicted molar refractivity (Wildman–Crippen MR) is 83.5 cm³/mol. The van der Waals surface area contributed by atoms with Crippen LogP contribution < -0.4 is 4.90 Å². The highest BCUT2D eigenvalue weighted by molar-refractivity contribution is 6.10. The molecular weight excluding hydrogens is 276 g/mol. The summed E-state index contributed by atoms with van der Waals surface area (Å²) in [6.07, 6.45) is -0.325. The lowest BCUT2D eigenvalue weighted by molar-refractivity contribution is -0.119. The predicted octanol–water partition coefficient (Wildman–Crippen LogP) is 2.88. The van der Waals surface area contributed by atoms with Crippen LogP contribution in [0, 0.1) is 6.92 Å². The molecule has 110 valence electrons. The van der Waals surface area contributed by atoms with Crippen molar-refractivity contribution in [2.24, 2.45) is 0 Å². The van der Waals surface area contributed by atoms with Crippen LogP contribution in [0.15, 0.2) is 48.5 Å². The molecule has 0 spiro atoms. The van der Waals surface area contributed by atoms with E-state index in [2.05, 4.69) is 0 Å². The van der Waals surface area contributed by atoms with Crippen LogP contribution in [0.3, 0.4) is 0 Å². The van der Waals surface area contributed by atoms with Gasteiger partial charge in [0.2, 0.25) is 0 Å². The van der Waals surface area contributed by atoms with Crippen molar-refractivity contribution in [3.05, 3.63) is 65.2 Å². The van der Waals surface area contributed by atoms with Crippen LogP contribution in [-0.2, 0) is 4.79 Å². The largest absolute Gasteiger partial charge is 0.302 e. The first-order valence-electron chi connectivity index (χ1n) is 7.41. The van der Waals surface area contributed by atoms with Gasteiger partial charge in [0.1, 0.15) is 12.2 Å². The Bertz CT molecular complexity index is 782. The molecule has 0 aliphatic carbocycles. The van der Waals surface area contributed by atoms with Gasteiger partial charge < -0.3 is 4.90 Å². The van der Waals surface area contributed by atoms with Gasteiger partial charge in [-0.1, -0.05) is 35.9 Å². The number of nitrogens with zero attached hydrogens (tertiary/aromatic N) is 2. The Morgan fingerprint density at radius 3 is 2.36 bits per heavy atom. The average molecular weight is 292 g/mol. The second kappa shape index (κ2) is 4.44. The summed E-state index contributed by atoms with van der Waals surface area (Å²) in [4.78, 5) is 28.7. The van der Waals surface area contributed by atoms with Crippen molar-refractivity contribution >= 4 is 17.5 Å². The number of carbonyl (C=O) groups excluding carboxylic acids is 2. The fourth-order valence-corrected chi connectivity index (χ4v) is 3.38. The summed E-state index contributed by atoms with van der Waals surface area (Å²) >= 11 is 0. The van der Waals surface area contributed by atoms with Crippen LogP contribution in [0.4, 0.5) is 5.69 Å². The van der Waals surface area contributed by atoms with Crippen LogP contribution in [-0.4, -0.2) is 22.8 Å². The lowest BCUT2D eigenvalue weighted by Gasteiger charge is -2.25. The number of rotatable bonds is 1. The minimum absolute atomic E-state index is 0.0308. The van der Waals surface area contributed by atoms with Gasteiger partial charge in [-0.2, -0.15) is 0 Å². The van der Waals surface area contributed by atoms with Gasteiger partial charge in [-0.3, -0.25) is 14.5 Å². The van der Waals surface area contributed by atoms with Gasteiger partial charge in [0.15, 0.2) is 0 Å². The first-order chi connectivity index (χ1) is 10.6. The van der Waals surface area contributed by atoms with Gasteiger partial charge in [-0.15, -0.1) is 0 Å². The fourth-order valence-electron chi connectivity index (χ4n) is 3.38. The molecule has 4 rings (SSSR count). The molecule has 2 atom stereocenters. The molecule has 2 aliphatic heterocycles. The summed E-state index contributed by atoms with van der Waals surface area (Å²) in [6.45, 7) is 3.81. The fraction of sp³-hybridized carbons (Fsp3) is 0.222. The monoisotopic (exact) mass is 292 g/mol. The Balaban J connectivity index is 1.88. The number of amides is 2. The smallest absolute Gasteiger partial charge is 0.256 e. The van der Waals surface area contributed by atoms with Crippen molar-refractivity contribution in [2.45, 2.75) is 26.1 Å². The molecule has 4 nitrogen and oxygen atoms in total. The van der Waals surface area contributed by atoms with Crippen molar-refractivity contribution in [3.8, 4) is 0 Å². The zero-order valence-corrected chi connectivity index (χ0v) is 12.5. The molecule has 2 aromatic carbocycles. The number of hydrogen-bond donors (Lipinski definition) is 0. The number of carbonyl (C=O) groups is 2. The Labute approximate surface area is 129 Å². The second-order valence-electron chi connectivity index (χ2n) is 5.89. The first-order valence-corrected chi connectivity index (χ1v) is 7.41.